The van der Waals surface area contributed by atoms with Crippen LogP contribution in [0.5, 0.6) is 0 Å². The molecular formula is C10H17NO4. The molecular weight excluding hydrogens is 198 g/mol. The van der Waals surface area contributed by atoms with E-state index in [1.165, 1.54) is 0 Å². The highest BCUT2D eigenvalue weighted by Gasteiger charge is 2.25. The van der Waals surface area contributed by atoms with E-state index in [9.17, 15) is 9.59 Å². The summed E-state index contributed by atoms with van der Waals surface area (Å²) in [4.78, 5) is 31.1. The number of hydrogen-bond donors (Lipinski definition) is 1. The molecule has 0 saturated carbocycles. The van der Waals surface area contributed by atoms with Crippen LogP contribution >= 0.6 is 0 Å². The maximum atomic E-state index is 11.6. The molecule has 0 unspecified atom stereocenters. The lowest BCUT2D eigenvalue weighted by Crippen LogP contribution is -2.44. The first-order valence-electron chi connectivity index (χ1n) is 4.98. The van der Waals surface area contributed by atoms with Crippen LogP contribution in [-0.2, 0) is 14.6 Å². The Hall–Kier alpha value is -1.10. The van der Waals surface area contributed by atoms with Crippen LogP contribution in [-0.4, -0.2) is 24.5 Å². The first kappa shape index (κ1) is 12.0. The van der Waals surface area contributed by atoms with Gasteiger partial charge in [-0.15, -0.1) is 0 Å². The van der Waals surface area contributed by atoms with Crippen LogP contribution in [0.2, 0.25) is 0 Å². The van der Waals surface area contributed by atoms with Crippen LogP contribution in [0.4, 0.5) is 4.79 Å². The smallest absolute Gasteiger partial charge is 0.314 e. The van der Waals surface area contributed by atoms with E-state index in [4.69, 9.17) is 0 Å². The second-order valence-corrected chi connectivity index (χ2v) is 4.98. The molecule has 1 N–H and O–H groups in total. The lowest BCUT2D eigenvalue weighted by molar-refractivity contribution is -0.258. The summed E-state index contributed by atoms with van der Waals surface area (Å²) in [7, 11) is 0. The molecule has 1 rings (SSSR count). The van der Waals surface area contributed by atoms with E-state index in [0.717, 1.165) is 0 Å². The van der Waals surface area contributed by atoms with Gasteiger partial charge in [0.25, 0.3) is 0 Å². The summed E-state index contributed by atoms with van der Waals surface area (Å²) in [6.07, 6.45) is 0.168. The molecule has 1 heterocycles. The Kier molecular flexibility index (Phi) is 3.68. The van der Waals surface area contributed by atoms with Gasteiger partial charge >= 0.3 is 6.09 Å². The fourth-order valence-electron chi connectivity index (χ4n) is 1.45. The Balaban J connectivity index is 2.34. The topological polar surface area (TPSA) is 64.6 Å². The van der Waals surface area contributed by atoms with Gasteiger partial charge in [-0.1, -0.05) is 20.8 Å². The second kappa shape index (κ2) is 4.61. The number of rotatable bonds is 3. The van der Waals surface area contributed by atoms with Crippen molar-refractivity contribution in [2.75, 3.05) is 6.61 Å². The molecule has 0 aromatic heterocycles. The van der Waals surface area contributed by atoms with Gasteiger partial charge in [-0.25, -0.2) is 4.79 Å². The second-order valence-electron chi connectivity index (χ2n) is 4.98. The fourth-order valence-corrected chi connectivity index (χ4v) is 1.45. The van der Waals surface area contributed by atoms with Gasteiger partial charge < -0.3 is 5.32 Å². The van der Waals surface area contributed by atoms with E-state index in [1.807, 2.05) is 20.8 Å². The molecule has 1 fully saturated rings. The number of carbonyl (C=O) groups excluding carboxylic acids is 2. The minimum atomic E-state index is -0.630. The van der Waals surface area contributed by atoms with Gasteiger partial charge in [-0.05, 0) is 5.41 Å². The number of carbonyl (C=O) groups is 2. The highest BCUT2D eigenvalue weighted by atomic mass is 17.2. The quantitative estimate of drug-likeness (QED) is 0.723. The van der Waals surface area contributed by atoms with E-state index >= 15 is 0 Å². The zero-order chi connectivity index (χ0) is 11.5. The van der Waals surface area contributed by atoms with Gasteiger partial charge in [0, 0.05) is 12.8 Å². The molecule has 5 heteroatoms. The summed E-state index contributed by atoms with van der Waals surface area (Å²) in [6, 6.07) is -0.263. The van der Waals surface area contributed by atoms with Crippen LogP contribution in [0.25, 0.3) is 0 Å². The predicted molar refractivity (Wildman–Crippen MR) is 53.1 cm³/mol. The SMILES string of the molecule is CC(C)(C)CC(=O)C[C@H]1COOC(=O)N1. The van der Waals surface area contributed by atoms with Gasteiger partial charge in [-0.3, -0.25) is 9.68 Å². The average Bonchev–Trinajstić information content (AvgIpc) is 1.99. The van der Waals surface area contributed by atoms with Crippen molar-refractivity contribution in [2.45, 2.75) is 39.7 Å². The Morgan fingerprint density at radius 3 is 2.73 bits per heavy atom. The number of amides is 1. The third-order valence-electron chi connectivity index (χ3n) is 1.93. The lowest BCUT2D eigenvalue weighted by Gasteiger charge is -2.23. The zero-order valence-electron chi connectivity index (χ0n) is 9.33. The third-order valence-corrected chi connectivity index (χ3v) is 1.93. The van der Waals surface area contributed by atoms with Crippen molar-refractivity contribution in [3.8, 4) is 0 Å². The van der Waals surface area contributed by atoms with Crippen LogP contribution < -0.4 is 5.32 Å². The molecule has 0 aromatic carbocycles. The lowest BCUT2D eigenvalue weighted by atomic mass is 9.88. The van der Waals surface area contributed by atoms with Crippen molar-refractivity contribution in [1.29, 1.82) is 0 Å². The van der Waals surface area contributed by atoms with Crippen molar-refractivity contribution in [1.82, 2.24) is 5.32 Å². The Bertz CT molecular complexity index is 257. The standard InChI is InChI=1S/C10H17NO4/c1-10(2,3)5-8(12)4-7-6-14-15-9(13)11-7/h7H,4-6H2,1-3H3,(H,11,13)/t7-/m0/s1. The van der Waals surface area contributed by atoms with Crippen molar-refractivity contribution < 1.29 is 19.4 Å². The number of nitrogens with one attached hydrogen (secondary N) is 1. The average molecular weight is 215 g/mol. The summed E-state index contributed by atoms with van der Waals surface area (Å²) in [5.41, 5.74) is -0.0207. The number of Topliss-reactive ketones (excluding diaryl/α,β-unsaturated/α-hetero) is 1. The van der Waals surface area contributed by atoms with Crippen LogP contribution in [0.3, 0.4) is 0 Å². The Labute approximate surface area is 89.0 Å². The minimum absolute atomic E-state index is 0.0207. The molecule has 15 heavy (non-hydrogen) atoms. The van der Waals surface area contributed by atoms with Crippen LogP contribution in [0.1, 0.15) is 33.6 Å². The third kappa shape index (κ3) is 4.78. The molecule has 0 spiro atoms. The van der Waals surface area contributed by atoms with E-state index in [1.54, 1.807) is 0 Å². The molecule has 0 aromatic rings. The van der Waals surface area contributed by atoms with E-state index in [0.29, 0.717) is 12.8 Å². The molecule has 86 valence electrons. The first-order chi connectivity index (χ1) is 6.87. The molecule has 5 nitrogen and oxygen atoms in total. The molecule has 1 saturated heterocycles. The van der Waals surface area contributed by atoms with Crippen molar-refractivity contribution in [3.05, 3.63) is 0 Å². The molecule has 0 radical (unpaired) electrons. The van der Waals surface area contributed by atoms with Gasteiger partial charge in [0.15, 0.2) is 0 Å². The van der Waals surface area contributed by atoms with Crippen LogP contribution in [0, 0.1) is 5.41 Å². The van der Waals surface area contributed by atoms with Crippen molar-refractivity contribution in [2.24, 2.45) is 5.41 Å². The minimum Gasteiger partial charge on any atom is -0.314 e. The summed E-state index contributed by atoms with van der Waals surface area (Å²) in [5.74, 6) is 0.123. The molecule has 0 aliphatic carbocycles. The summed E-state index contributed by atoms with van der Waals surface area (Å²) < 4.78 is 0. The maximum Gasteiger partial charge on any atom is 0.439 e. The normalized spacial score (nSPS) is 21.8. The van der Waals surface area contributed by atoms with Crippen molar-refractivity contribution in [3.63, 3.8) is 0 Å². The summed E-state index contributed by atoms with van der Waals surface area (Å²) in [6.45, 7) is 6.24. The van der Waals surface area contributed by atoms with E-state index in [-0.39, 0.29) is 23.8 Å². The number of hydrogen-bond acceptors (Lipinski definition) is 4. The molecule has 1 amide bonds. The van der Waals surface area contributed by atoms with Gasteiger partial charge in [-0.2, -0.15) is 4.89 Å². The first-order valence-corrected chi connectivity index (χ1v) is 4.98. The maximum absolute atomic E-state index is 11.6. The van der Waals surface area contributed by atoms with E-state index < -0.39 is 6.09 Å². The van der Waals surface area contributed by atoms with E-state index in [2.05, 4.69) is 15.1 Å². The number of ketones is 1. The summed E-state index contributed by atoms with van der Waals surface area (Å²) in [5, 5.41) is 2.53. The molecule has 1 aliphatic heterocycles. The predicted octanol–water partition coefficient (Wildman–Crippen LogP) is 1.42. The van der Waals surface area contributed by atoms with Gasteiger partial charge in [0.2, 0.25) is 0 Å². The summed E-state index contributed by atoms with van der Waals surface area (Å²) >= 11 is 0. The molecule has 0 bridgehead atoms. The van der Waals surface area contributed by atoms with Crippen molar-refractivity contribution >= 4 is 11.9 Å². The monoisotopic (exact) mass is 215 g/mol. The highest BCUT2D eigenvalue weighted by molar-refractivity contribution is 5.80. The fraction of sp³-hybridized carbons (Fsp3) is 0.800. The molecule has 1 aliphatic rings. The zero-order valence-corrected chi connectivity index (χ0v) is 9.33. The molecule has 1 atom stereocenters. The Morgan fingerprint density at radius 1 is 1.53 bits per heavy atom. The van der Waals surface area contributed by atoms with Crippen LogP contribution in [0.15, 0.2) is 0 Å². The van der Waals surface area contributed by atoms with Gasteiger partial charge in [0.1, 0.15) is 12.4 Å². The Morgan fingerprint density at radius 2 is 2.20 bits per heavy atom. The van der Waals surface area contributed by atoms with Gasteiger partial charge in [0.05, 0.1) is 6.04 Å². The largest absolute Gasteiger partial charge is 0.439 e. The highest BCUT2D eigenvalue weighted by Crippen LogP contribution is 2.20.